The molecule has 0 spiro atoms. The van der Waals surface area contributed by atoms with Crippen molar-refractivity contribution < 1.29 is 22.4 Å². The molecule has 2 aromatic carbocycles. The third-order valence-corrected chi connectivity index (χ3v) is 5.58. The van der Waals surface area contributed by atoms with Gasteiger partial charge < -0.3 is 10.2 Å². The lowest BCUT2D eigenvalue weighted by Crippen LogP contribution is -2.38. The van der Waals surface area contributed by atoms with Crippen molar-refractivity contribution in [1.29, 1.82) is 5.26 Å². The van der Waals surface area contributed by atoms with E-state index in [1.54, 1.807) is 6.07 Å². The number of nitrogens with one attached hydrogen (secondary N) is 1. The number of anilines is 2. The van der Waals surface area contributed by atoms with E-state index in [1.165, 1.54) is 30.5 Å². The lowest BCUT2D eigenvalue weighted by molar-refractivity contribution is -0.137. The lowest BCUT2D eigenvalue weighted by atomic mass is 9.94. The first-order valence-corrected chi connectivity index (χ1v) is 9.97. The van der Waals surface area contributed by atoms with Gasteiger partial charge in [0, 0.05) is 36.3 Å². The maximum atomic E-state index is 13.8. The summed E-state index contributed by atoms with van der Waals surface area (Å²) in [6, 6.07) is 10.6. The number of rotatable bonds is 3. The molecule has 5 nitrogen and oxygen atoms in total. The monoisotopic (exact) mass is 442 g/mol. The zero-order chi connectivity index (χ0) is 22.9. The van der Waals surface area contributed by atoms with Gasteiger partial charge in [-0.3, -0.25) is 9.78 Å². The normalized spacial score (nSPS) is 14.9. The molecule has 0 bridgehead atoms. The second kappa shape index (κ2) is 8.46. The Labute approximate surface area is 181 Å². The molecule has 4 rings (SSSR count). The predicted molar refractivity (Wildman–Crippen MR) is 111 cm³/mol. The van der Waals surface area contributed by atoms with Gasteiger partial charge >= 0.3 is 6.18 Å². The first-order chi connectivity index (χ1) is 15.3. The fraction of sp³-hybridized carbons (Fsp3) is 0.261. The van der Waals surface area contributed by atoms with Gasteiger partial charge in [-0.15, -0.1) is 0 Å². The molecule has 3 aromatic rings. The third-order valence-electron chi connectivity index (χ3n) is 5.58. The van der Waals surface area contributed by atoms with E-state index >= 15 is 0 Å². The summed E-state index contributed by atoms with van der Waals surface area (Å²) in [4.78, 5) is 18.8. The molecule has 1 N–H and O–H groups in total. The van der Waals surface area contributed by atoms with Crippen LogP contribution in [0.3, 0.4) is 0 Å². The molecule has 1 aliphatic heterocycles. The summed E-state index contributed by atoms with van der Waals surface area (Å²) in [7, 11) is 0. The number of pyridine rings is 1. The topological polar surface area (TPSA) is 69.0 Å². The highest BCUT2D eigenvalue weighted by atomic mass is 19.4. The summed E-state index contributed by atoms with van der Waals surface area (Å²) in [5, 5.41) is 12.7. The van der Waals surface area contributed by atoms with Gasteiger partial charge in [0.15, 0.2) is 0 Å². The van der Waals surface area contributed by atoms with Gasteiger partial charge in [-0.05, 0) is 55.3 Å². The predicted octanol–water partition coefficient (Wildman–Crippen LogP) is 5.12. The van der Waals surface area contributed by atoms with Crippen LogP contribution >= 0.6 is 0 Å². The quantitative estimate of drug-likeness (QED) is 0.572. The highest BCUT2D eigenvalue weighted by Gasteiger charge is 2.31. The molecule has 0 unspecified atom stereocenters. The van der Waals surface area contributed by atoms with Gasteiger partial charge in [0.2, 0.25) is 5.91 Å². The van der Waals surface area contributed by atoms with Crippen LogP contribution in [0.1, 0.15) is 24.0 Å². The van der Waals surface area contributed by atoms with Crippen molar-refractivity contribution in [2.24, 2.45) is 5.92 Å². The zero-order valence-electron chi connectivity index (χ0n) is 16.8. The van der Waals surface area contributed by atoms with Gasteiger partial charge in [0.1, 0.15) is 11.9 Å². The van der Waals surface area contributed by atoms with E-state index in [2.05, 4.69) is 16.4 Å². The van der Waals surface area contributed by atoms with Gasteiger partial charge in [-0.2, -0.15) is 18.4 Å². The average Bonchev–Trinajstić information content (AvgIpc) is 2.78. The summed E-state index contributed by atoms with van der Waals surface area (Å²) in [5.41, 5.74) is 1.02. The number of alkyl halides is 3. The molecule has 0 radical (unpaired) electrons. The number of carbonyl (C=O) groups excluding carboxylic acids is 1. The highest BCUT2D eigenvalue weighted by molar-refractivity contribution is 5.95. The van der Waals surface area contributed by atoms with Crippen LogP contribution in [0.15, 0.2) is 48.7 Å². The van der Waals surface area contributed by atoms with E-state index in [0.717, 1.165) is 12.1 Å². The molecule has 1 saturated heterocycles. The Morgan fingerprint density at radius 3 is 2.44 bits per heavy atom. The molecule has 32 heavy (non-hydrogen) atoms. The minimum Gasteiger partial charge on any atom is -0.370 e. The van der Waals surface area contributed by atoms with Crippen LogP contribution in [0.4, 0.5) is 28.9 Å². The number of aromatic nitrogens is 1. The second-order valence-corrected chi connectivity index (χ2v) is 7.62. The number of amides is 1. The Bertz CT molecular complexity index is 1190. The van der Waals surface area contributed by atoms with Gasteiger partial charge in [0.05, 0.1) is 22.3 Å². The molecule has 0 aliphatic carbocycles. The SMILES string of the molecule is N#Cc1cnc2ccc(F)cc2c1N1CCC(C(=O)Nc2ccc(C(F)(F)F)cc2)CC1. The van der Waals surface area contributed by atoms with Crippen LogP contribution in [0, 0.1) is 23.1 Å². The van der Waals surface area contributed by atoms with Crippen molar-refractivity contribution in [2.45, 2.75) is 19.0 Å². The second-order valence-electron chi connectivity index (χ2n) is 7.62. The summed E-state index contributed by atoms with van der Waals surface area (Å²) >= 11 is 0. The van der Waals surface area contributed by atoms with Gasteiger partial charge in [-0.25, -0.2) is 4.39 Å². The van der Waals surface area contributed by atoms with Crippen LogP contribution in [0.5, 0.6) is 0 Å². The van der Waals surface area contributed by atoms with Crippen molar-refractivity contribution in [1.82, 2.24) is 4.98 Å². The third kappa shape index (κ3) is 4.35. The minimum absolute atomic E-state index is 0.268. The largest absolute Gasteiger partial charge is 0.416 e. The molecule has 0 atom stereocenters. The maximum absolute atomic E-state index is 13.8. The van der Waals surface area contributed by atoms with Crippen LogP contribution in [-0.4, -0.2) is 24.0 Å². The lowest BCUT2D eigenvalue weighted by Gasteiger charge is -2.34. The number of nitrogens with zero attached hydrogens (tertiary/aromatic N) is 3. The molecule has 9 heteroatoms. The van der Waals surface area contributed by atoms with Gasteiger partial charge in [0.25, 0.3) is 0 Å². The Morgan fingerprint density at radius 2 is 1.81 bits per heavy atom. The highest BCUT2D eigenvalue weighted by Crippen LogP contribution is 2.34. The van der Waals surface area contributed by atoms with E-state index in [1.807, 2.05) is 4.90 Å². The van der Waals surface area contributed by atoms with E-state index in [4.69, 9.17) is 0 Å². The Morgan fingerprint density at radius 1 is 1.12 bits per heavy atom. The summed E-state index contributed by atoms with van der Waals surface area (Å²) in [6.07, 6.45) is -2.01. The van der Waals surface area contributed by atoms with E-state index in [0.29, 0.717) is 53.8 Å². The molecule has 1 amide bonds. The number of benzene rings is 2. The van der Waals surface area contributed by atoms with Crippen molar-refractivity contribution >= 4 is 28.2 Å². The average molecular weight is 442 g/mol. The number of hydrogen-bond acceptors (Lipinski definition) is 4. The number of carbonyl (C=O) groups is 1. The molecule has 1 aromatic heterocycles. The zero-order valence-corrected chi connectivity index (χ0v) is 16.8. The van der Waals surface area contributed by atoms with E-state index in [-0.39, 0.29) is 11.8 Å². The van der Waals surface area contributed by atoms with Gasteiger partial charge in [-0.1, -0.05) is 0 Å². The smallest absolute Gasteiger partial charge is 0.370 e. The Balaban J connectivity index is 1.46. The van der Waals surface area contributed by atoms with Crippen molar-refractivity contribution in [3.8, 4) is 6.07 Å². The van der Waals surface area contributed by atoms with E-state index in [9.17, 15) is 27.6 Å². The number of hydrogen-bond donors (Lipinski definition) is 1. The molecule has 0 saturated carbocycles. The Kier molecular flexibility index (Phi) is 5.70. The van der Waals surface area contributed by atoms with Crippen molar-refractivity contribution in [3.63, 3.8) is 0 Å². The van der Waals surface area contributed by atoms with Crippen molar-refractivity contribution in [3.05, 3.63) is 65.6 Å². The molecule has 1 fully saturated rings. The fourth-order valence-electron chi connectivity index (χ4n) is 3.93. The first kappa shape index (κ1) is 21.6. The first-order valence-electron chi connectivity index (χ1n) is 9.97. The summed E-state index contributed by atoms with van der Waals surface area (Å²) < 4.78 is 51.9. The number of nitriles is 1. The Hall–Kier alpha value is -3.67. The molecule has 164 valence electrons. The van der Waals surface area contributed by atoms with Crippen LogP contribution in [-0.2, 0) is 11.0 Å². The number of piperidine rings is 1. The van der Waals surface area contributed by atoms with Crippen LogP contribution < -0.4 is 10.2 Å². The van der Waals surface area contributed by atoms with Crippen LogP contribution in [0.2, 0.25) is 0 Å². The molecule has 2 heterocycles. The molecular weight excluding hydrogens is 424 g/mol. The maximum Gasteiger partial charge on any atom is 0.416 e. The fourth-order valence-corrected chi connectivity index (χ4v) is 3.93. The van der Waals surface area contributed by atoms with Crippen molar-refractivity contribution in [2.75, 3.05) is 23.3 Å². The number of halogens is 4. The summed E-state index contributed by atoms with van der Waals surface area (Å²) in [5.74, 6) is -1.03. The minimum atomic E-state index is -4.43. The standard InChI is InChI=1S/C23H18F4N4O/c24-17-3-6-20-19(11-17)21(15(12-28)13-29-20)31-9-7-14(8-10-31)22(32)30-18-4-1-16(2-5-18)23(25,26)27/h1-6,11,13-14H,7-10H2,(H,30,32). The van der Waals surface area contributed by atoms with Crippen LogP contribution in [0.25, 0.3) is 10.9 Å². The summed E-state index contributed by atoms with van der Waals surface area (Å²) in [6.45, 7) is 0.935. The molecule has 1 aliphatic rings. The van der Waals surface area contributed by atoms with E-state index < -0.39 is 17.6 Å². The number of fused-ring (bicyclic) bond motifs is 1. The molecular formula is C23H18F4N4O.